The van der Waals surface area contributed by atoms with Crippen LogP contribution in [0.25, 0.3) is 0 Å². The van der Waals surface area contributed by atoms with Gasteiger partial charge in [-0.05, 0) is 109 Å². The van der Waals surface area contributed by atoms with Crippen LogP contribution < -0.4 is 0 Å². The molecule has 0 aliphatic heterocycles. The number of hydrogen-bond donors (Lipinski definition) is 2. The van der Waals surface area contributed by atoms with Gasteiger partial charge in [-0.3, -0.25) is 4.79 Å². The van der Waals surface area contributed by atoms with Crippen LogP contribution in [0.15, 0.2) is 11.6 Å². The van der Waals surface area contributed by atoms with Crippen molar-refractivity contribution in [2.24, 2.45) is 51.2 Å². The average Bonchev–Trinajstić information content (AvgIpc) is 3.05. The van der Waals surface area contributed by atoms with Crippen LogP contribution >= 0.6 is 0 Å². The zero-order chi connectivity index (χ0) is 24.2. The van der Waals surface area contributed by atoms with Gasteiger partial charge in [0.15, 0.2) is 0 Å². The Bertz CT molecular complexity index is 777. The lowest BCUT2D eigenvalue weighted by Crippen LogP contribution is -2.61. The fourth-order valence-corrected chi connectivity index (χ4v) is 10.2. The third-order valence-corrected chi connectivity index (χ3v) is 12.4. The summed E-state index contributed by atoms with van der Waals surface area (Å²) in [6, 6.07) is 0. The molecule has 0 unspecified atom stereocenters. The predicted molar refractivity (Wildman–Crippen MR) is 135 cm³/mol. The van der Waals surface area contributed by atoms with Crippen LogP contribution in [-0.2, 0) is 4.79 Å². The fraction of sp³-hybridized carbons (Fsp3) is 0.900. The minimum absolute atomic E-state index is 0.0324. The highest BCUT2D eigenvalue weighted by atomic mass is 16.3. The zero-order valence-corrected chi connectivity index (χ0v) is 22.3. The summed E-state index contributed by atoms with van der Waals surface area (Å²) in [6.45, 7) is 14.7. The van der Waals surface area contributed by atoms with E-state index in [4.69, 9.17) is 0 Å². The Kier molecular flexibility index (Phi) is 6.76. The molecule has 0 bridgehead atoms. The lowest BCUT2D eigenvalue weighted by atomic mass is 9.38. The van der Waals surface area contributed by atoms with Crippen LogP contribution in [-0.4, -0.2) is 29.2 Å². The molecule has 3 nitrogen and oxygen atoms in total. The first-order chi connectivity index (χ1) is 15.5. The van der Waals surface area contributed by atoms with Gasteiger partial charge in [0.2, 0.25) is 0 Å². The first kappa shape index (κ1) is 25.4. The van der Waals surface area contributed by atoms with Crippen molar-refractivity contribution in [3.05, 3.63) is 11.6 Å². The van der Waals surface area contributed by atoms with E-state index in [2.05, 4.69) is 47.6 Å². The summed E-state index contributed by atoms with van der Waals surface area (Å²) in [5.41, 5.74) is 1.73. The minimum atomic E-state index is -0.151. The first-order valence-electron chi connectivity index (χ1n) is 13.9. The maximum Gasteiger partial charge on any atom is 0.138 e. The van der Waals surface area contributed by atoms with Crippen LogP contribution in [0.3, 0.4) is 0 Å². The van der Waals surface area contributed by atoms with Gasteiger partial charge in [-0.25, -0.2) is 0 Å². The number of carbonyl (C=O) groups excluding carboxylic acids is 1. The van der Waals surface area contributed by atoms with Crippen LogP contribution in [0, 0.1) is 51.2 Å². The second-order valence-electron chi connectivity index (χ2n) is 13.7. The van der Waals surface area contributed by atoms with Gasteiger partial charge in [0, 0.05) is 11.8 Å². The number of aliphatic hydroxyl groups is 2. The number of hydrogen-bond acceptors (Lipinski definition) is 3. The molecule has 4 aliphatic rings. The molecule has 8 atom stereocenters. The van der Waals surface area contributed by atoms with Crippen LogP contribution in [0.5, 0.6) is 0 Å². The van der Waals surface area contributed by atoms with Crippen molar-refractivity contribution in [2.45, 2.75) is 106 Å². The van der Waals surface area contributed by atoms with Crippen LogP contribution in [0.4, 0.5) is 0 Å². The lowest BCUT2D eigenvalue weighted by molar-refractivity contribution is -0.183. The molecule has 0 radical (unpaired) electrons. The molecule has 2 N–H and O–H groups in total. The highest BCUT2D eigenvalue weighted by Crippen LogP contribution is 2.74. The topological polar surface area (TPSA) is 57.5 Å². The molecule has 4 saturated carbocycles. The Labute approximate surface area is 202 Å². The van der Waals surface area contributed by atoms with E-state index in [0.29, 0.717) is 33.9 Å². The third kappa shape index (κ3) is 3.70. The molecule has 4 rings (SSSR count). The molecule has 188 valence electrons. The minimum Gasteiger partial charge on any atom is -0.392 e. The van der Waals surface area contributed by atoms with Gasteiger partial charge >= 0.3 is 0 Å². The molecule has 0 spiro atoms. The van der Waals surface area contributed by atoms with Gasteiger partial charge in [0.05, 0.1) is 13.2 Å². The van der Waals surface area contributed by atoms with E-state index in [1.165, 1.54) is 38.5 Å². The highest BCUT2D eigenvalue weighted by Gasteiger charge is 2.67. The summed E-state index contributed by atoms with van der Waals surface area (Å²) in [6.07, 6.45) is 14.0. The molecule has 0 amide bonds. The number of rotatable bonds is 6. The molecule has 0 aromatic carbocycles. The number of allylic oxidation sites excluding steroid dienone is 1. The van der Waals surface area contributed by atoms with Gasteiger partial charge in [0.25, 0.3) is 0 Å². The quantitative estimate of drug-likeness (QED) is 0.443. The molecule has 4 fully saturated rings. The van der Waals surface area contributed by atoms with Gasteiger partial charge < -0.3 is 10.2 Å². The van der Waals surface area contributed by atoms with E-state index < -0.39 is 0 Å². The van der Waals surface area contributed by atoms with Crippen molar-refractivity contribution in [3.63, 3.8) is 0 Å². The Morgan fingerprint density at radius 1 is 0.939 bits per heavy atom. The fourth-order valence-electron chi connectivity index (χ4n) is 10.2. The number of aliphatic hydroxyl groups excluding tert-OH is 2. The Balaban J connectivity index is 1.54. The van der Waals surface area contributed by atoms with Gasteiger partial charge in [-0.15, -0.1) is 0 Å². The molecule has 0 heterocycles. The molecule has 0 aromatic rings. The number of fused-ring (bicyclic) bond motifs is 5. The second-order valence-corrected chi connectivity index (χ2v) is 13.7. The summed E-state index contributed by atoms with van der Waals surface area (Å²) in [4.78, 5) is 12.8. The first-order valence-corrected chi connectivity index (χ1v) is 13.9. The van der Waals surface area contributed by atoms with Crippen LogP contribution in [0.1, 0.15) is 106 Å². The highest BCUT2D eigenvalue weighted by molar-refractivity contribution is 5.85. The third-order valence-electron chi connectivity index (χ3n) is 12.4. The maximum atomic E-state index is 12.8. The average molecular weight is 459 g/mol. The summed E-state index contributed by atoms with van der Waals surface area (Å²) >= 11 is 0. The summed E-state index contributed by atoms with van der Waals surface area (Å²) in [7, 11) is 0. The number of Topliss-reactive ketones (excluding diaryl/α,β-unsaturated/α-hetero) is 1. The van der Waals surface area contributed by atoms with E-state index in [1.807, 2.05) is 0 Å². The largest absolute Gasteiger partial charge is 0.392 e. The Morgan fingerprint density at radius 3 is 2.27 bits per heavy atom. The van der Waals surface area contributed by atoms with Gasteiger partial charge in [-0.1, -0.05) is 47.6 Å². The van der Waals surface area contributed by atoms with Crippen molar-refractivity contribution in [3.8, 4) is 0 Å². The molecule has 4 aliphatic carbocycles. The van der Waals surface area contributed by atoms with Crippen LogP contribution in [0.2, 0.25) is 0 Å². The molecular weight excluding hydrogens is 408 g/mol. The Hall–Kier alpha value is -0.670. The number of ketones is 1. The molecule has 0 saturated heterocycles. The van der Waals surface area contributed by atoms with E-state index in [9.17, 15) is 15.0 Å². The van der Waals surface area contributed by atoms with Crippen molar-refractivity contribution < 1.29 is 15.0 Å². The standard InChI is InChI=1S/C30H50O3/c1-20(8-7-9-21(18-31)19-32)22-12-16-30(6)24-10-11-25-27(2,3)26(33)14-15-28(25,4)23(24)13-17-29(22,30)5/h9,20,22-25,31-32H,7-8,10-19H2,1-6H3/t20-,22-,23+,24-,25+,28-,29-,30+/m1/s1. The SMILES string of the molecule is C[C@H](CCC=C(CO)CO)[C@H]1CC[C@@]2(C)[C@@H]3CC[C@H]4C(C)(C)C(=O)CC[C@]4(C)[C@H]3CC[C@]12C. The number of carbonyl (C=O) groups is 1. The van der Waals surface area contributed by atoms with E-state index >= 15 is 0 Å². The summed E-state index contributed by atoms with van der Waals surface area (Å²) in [5.74, 6) is 4.06. The van der Waals surface area contributed by atoms with Gasteiger partial charge in [0.1, 0.15) is 5.78 Å². The van der Waals surface area contributed by atoms with Gasteiger partial charge in [-0.2, -0.15) is 0 Å². The van der Waals surface area contributed by atoms with Crippen molar-refractivity contribution >= 4 is 5.78 Å². The van der Waals surface area contributed by atoms with E-state index in [-0.39, 0.29) is 18.6 Å². The summed E-state index contributed by atoms with van der Waals surface area (Å²) in [5, 5.41) is 18.7. The Morgan fingerprint density at radius 2 is 1.61 bits per heavy atom. The van der Waals surface area contributed by atoms with Crippen molar-refractivity contribution in [1.82, 2.24) is 0 Å². The monoisotopic (exact) mass is 458 g/mol. The molecule has 0 aromatic heterocycles. The normalized spacial score (nSPS) is 45.0. The zero-order valence-electron chi connectivity index (χ0n) is 22.3. The van der Waals surface area contributed by atoms with Crippen molar-refractivity contribution in [2.75, 3.05) is 13.2 Å². The van der Waals surface area contributed by atoms with E-state index in [1.54, 1.807) is 0 Å². The molecule has 33 heavy (non-hydrogen) atoms. The smallest absolute Gasteiger partial charge is 0.138 e. The summed E-state index contributed by atoms with van der Waals surface area (Å²) < 4.78 is 0. The lowest BCUT2D eigenvalue weighted by Gasteiger charge is -2.66. The van der Waals surface area contributed by atoms with Crippen molar-refractivity contribution in [1.29, 1.82) is 0 Å². The molecular formula is C30H50O3. The predicted octanol–water partition coefficient (Wildman–Crippen LogP) is 6.57. The second kappa shape index (κ2) is 8.77. The molecule has 3 heteroatoms. The van der Waals surface area contributed by atoms with E-state index in [0.717, 1.165) is 49.0 Å². The maximum absolute atomic E-state index is 12.8.